The summed E-state index contributed by atoms with van der Waals surface area (Å²) in [7, 11) is 0. The van der Waals surface area contributed by atoms with Crippen LogP contribution in [0.4, 0.5) is 5.69 Å². The van der Waals surface area contributed by atoms with Crippen LogP contribution < -0.4 is 5.73 Å². The molecule has 4 heteroatoms. The molecular weight excluding hydrogens is 268 g/mol. The van der Waals surface area contributed by atoms with Gasteiger partial charge < -0.3 is 10.2 Å². The van der Waals surface area contributed by atoms with E-state index in [0.717, 1.165) is 21.5 Å². The Morgan fingerprint density at radius 3 is 2.81 bits per heavy atom. The smallest absolute Gasteiger partial charge is 0.198 e. The number of nitrogen functional groups attached to an aromatic ring is 1. The lowest BCUT2D eigenvalue weighted by Gasteiger charge is -2.00. The second kappa shape index (κ2) is 3.77. The maximum absolute atomic E-state index is 5.82. The molecule has 0 amide bonds. The number of nitrogens with two attached hydrogens (primary N) is 1. The predicted octanol–water partition coefficient (Wildman–Crippen LogP) is 3.83. The molecule has 0 unspecified atom stereocenters. The Bertz CT molecular complexity index is 529. The first-order valence-corrected chi connectivity index (χ1v) is 6.39. The van der Waals surface area contributed by atoms with Crippen molar-refractivity contribution in [1.29, 1.82) is 0 Å². The molecule has 1 saturated carbocycles. The summed E-state index contributed by atoms with van der Waals surface area (Å²) in [5.74, 6) is 1.37. The molecule has 16 heavy (non-hydrogen) atoms. The lowest BCUT2D eigenvalue weighted by Crippen LogP contribution is -1.91. The van der Waals surface area contributed by atoms with E-state index in [-0.39, 0.29) is 0 Å². The van der Waals surface area contributed by atoms with E-state index in [1.54, 1.807) is 0 Å². The van der Waals surface area contributed by atoms with Crippen molar-refractivity contribution in [3.05, 3.63) is 22.5 Å². The van der Waals surface area contributed by atoms with Gasteiger partial charge >= 0.3 is 0 Å². The van der Waals surface area contributed by atoms with Gasteiger partial charge in [-0.15, -0.1) is 0 Å². The first-order valence-electron chi connectivity index (χ1n) is 5.59. The normalized spacial score (nSPS) is 17.3. The van der Waals surface area contributed by atoms with Crippen molar-refractivity contribution < 1.29 is 4.42 Å². The zero-order chi connectivity index (χ0) is 11.1. The standard InChI is InChI=1S/C12H13BrN2O/c13-9-5-8(14)6-10-11(9)16-12(15-10)7-3-1-2-4-7/h5-7H,1-4,14H2. The van der Waals surface area contributed by atoms with Gasteiger partial charge in [0.15, 0.2) is 11.5 Å². The Labute approximate surface area is 102 Å². The Balaban J connectivity index is 2.11. The van der Waals surface area contributed by atoms with Gasteiger partial charge in [0.25, 0.3) is 0 Å². The fourth-order valence-corrected chi connectivity index (χ4v) is 2.93. The topological polar surface area (TPSA) is 52.0 Å². The lowest BCUT2D eigenvalue weighted by atomic mass is 10.1. The van der Waals surface area contributed by atoms with Gasteiger partial charge in [0, 0.05) is 11.6 Å². The second-order valence-corrected chi connectivity index (χ2v) is 5.24. The summed E-state index contributed by atoms with van der Waals surface area (Å²) in [4.78, 5) is 4.54. The minimum absolute atomic E-state index is 0.500. The molecular formula is C12H13BrN2O. The maximum Gasteiger partial charge on any atom is 0.198 e. The van der Waals surface area contributed by atoms with Crippen molar-refractivity contribution in [1.82, 2.24) is 4.98 Å². The van der Waals surface area contributed by atoms with E-state index in [4.69, 9.17) is 10.2 Å². The van der Waals surface area contributed by atoms with Crippen molar-refractivity contribution >= 4 is 32.7 Å². The average molecular weight is 281 g/mol. The molecule has 0 bridgehead atoms. The highest BCUT2D eigenvalue weighted by Crippen LogP contribution is 2.37. The molecule has 84 valence electrons. The minimum Gasteiger partial charge on any atom is -0.439 e. The Morgan fingerprint density at radius 2 is 2.06 bits per heavy atom. The third kappa shape index (κ3) is 1.61. The number of aromatic nitrogens is 1. The molecule has 1 aromatic carbocycles. The molecule has 1 fully saturated rings. The zero-order valence-electron chi connectivity index (χ0n) is 8.87. The molecule has 2 N–H and O–H groups in total. The number of rotatable bonds is 1. The molecule has 3 nitrogen and oxygen atoms in total. The number of anilines is 1. The Morgan fingerprint density at radius 1 is 1.31 bits per heavy atom. The van der Waals surface area contributed by atoms with E-state index < -0.39 is 0 Å². The molecule has 0 radical (unpaired) electrons. The molecule has 1 aliphatic rings. The highest BCUT2D eigenvalue weighted by molar-refractivity contribution is 9.10. The van der Waals surface area contributed by atoms with Crippen molar-refractivity contribution in [3.8, 4) is 0 Å². The maximum atomic E-state index is 5.82. The number of benzene rings is 1. The van der Waals surface area contributed by atoms with E-state index in [9.17, 15) is 0 Å². The van der Waals surface area contributed by atoms with Crippen LogP contribution in [0.1, 0.15) is 37.5 Å². The summed E-state index contributed by atoms with van der Waals surface area (Å²) < 4.78 is 6.71. The fraction of sp³-hybridized carbons (Fsp3) is 0.417. The second-order valence-electron chi connectivity index (χ2n) is 4.38. The monoisotopic (exact) mass is 280 g/mol. The number of fused-ring (bicyclic) bond motifs is 1. The summed E-state index contributed by atoms with van der Waals surface area (Å²) in [5, 5.41) is 0. The van der Waals surface area contributed by atoms with E-state index in [0.29, 0.717) is 11.6 Å². The van der Waals surface area contributed by atoms with Gasteiger partial charge in [-0.05, 0) is 40.9 Å². The summed E-state index contributed by atoms with van der Waals surface area (Å²) in [6.07, 6.45) is 4.96. The molecule has 0 atom stereocenters. The molecule has 1 heterocycles. The van der Waals surface area contributed by atoms with Gasteiger partial charge in [0.1, 0.15) is 5.52 Å². The number of halogens is 1. The highest BCUT2D eigenvalue weighted by Gasteiger charge is 2.22. The van der Waals surface area contributed by atoms with Crippen LogP contribution >= 0.6 is 15.9 Å². The van der Waals surface area contributed by atoms with E-state index in [1.807, 2.05) is 12.1 Å². The summed E-state index contributed by atoms with van der Waals surface area (Å²) in [5.41, 5.74) is 8.16. The van der Waals surface area contributed by atoms with Crippen LogP contribution in [0.2, 0.25) is 0 Å². The van der Waals surface area contributed by atoms with E-state index in [1.165, 1.54) is 25.7 Å². The molecule has 1 aliphatic carbocycles. The summed E-state index contributed by atoms with van der Waals surface area (Å²) in [6.45, 7) is 0. The Hall–Kier alpha value is -1.03. The van der Waals surface area contributed by atoms with Crippen LogP contribution in [-0.4, -0.2) is 4.98 Å². The SMILES string of the molecule is Nc1cc(Br)c2oc(C3CCCC3)nc2c1. The van der Waals surface area contributed by atoms with Crippen molar-refractivity contribution in [3.63, 3.8) is 0 Å². The van der Waals surface area contributed by atoms with Crippen LogP contribution in [0.5, 0.6) is 0 Å². The van der Waals surface area contributed by atoms with Crippen LogP contribution in [0.3, 0.4) is 0 Å². The number of nitrogens with zero attached hydrogens (tertiary/aromatic N) is 1. The predicted molar refractivity (Wildman–Crippen MR) is 67.3 cm³/mol. The molecule has 3 rings (SSSR count). The van der Waals surface area contributed by atoms with Crippen molar-refractivity contribution in [2.75, 3.05) is 5.73 Å². The van der Waals surface area contributed by atoms with E-state index in [2.05, 4.69) is 20.9 Å². The fourth-order valence-electron chi connectivity index (χ4n) is 2.38. The minimum atomic E-state index is 0.500. The van der Waals surface area contributed by atoms with Gasteiger partial charge in [-0.1, -0.05) is 12.8 Å². The third-order valence-electron chi connectivity index (χ3n) is 3.19. The number of hydrogen-bond donors (Lipinski definition) is 1. The van der Waals surface area contributed by atoms with Gasteiger partial charge in [0.2, 0.25) is 0 Å². The van der Waals surface area contributed by atoms with Gasteiger partial charge in [0.05, 0.1) is 4.47 Å². The van der Waals surface area contributed by atoms with Crippen LogP contribution in [0.25, 0.3) is 11.1 Å². The third-order valence-corrected chi connectivity index (χ3v) is 3.78. The highest BCUT2D eigenvalue weighted by atomic mass is 79.9. The number of oxazole rings is 1. The van der Waals surface area contributed by atoms with Crippen LogP contribution in [-0.2, 0) is 0 Å². The lowest BCUT2D eigenvalue weighted by molar-refractivity contribution is 0.473. The quantitative estimate of drug-likeness (QED) is 0.808. The largest absolute Gasteiger partial charge is 0.439 e. The molecule has 0 saturated heterocycles. The average Bonchev–Trinajstić information content (AvgIpc) is 2.82. The van der Waals surface area contributed by atoms with Crippen LogP contribution in [0, 0.1) is 0 Å². The van der Waals surface area contributed by atoms with Gasteiger partial charge in [-0.3, -0.25) is 0 Å². The van der Waals surface area contributed by atoms with Crippen LogP contribution in [0.15, 0.2) is 21.0 Å². The summed E-state index contributed by atoms with van der Waals surface area (Å²) >= 11 is 3.46. The molecule has 2 aromatic rings. The first-order chi connectivity index (χ1) is 7.74. The van der Waals surface area contributed by atoms with Crippen molar-refractivity contribution in [2.45, 2.75) is 31.6 Å². The van der Waals surface area contributed by atoms with Gasteiger partial charge in [-0.25, -0.2) is 4.98 Å². The molecule has 0 spiro atoms. The first kappa shape index (κ1) is 10.1. The summed E-state index contributed by atoms with van der Waals surface area (Å²) in [6, 6.07) is 3.72. The Kier molecular flexibility index (Phi) is 2.39. The molecule has 1 aromatic heterocycles. The zero-order valence-corrected chi connectivity index (χ0v) is 10.5. The van der Waals surface area contributed by atoms with E-state index >= 15 is 0 Å². The molecule has 0 aliphatic heterocycles. The van der Waals surface area contributed by atoms with Crippen molar-refractivity contribution in [2.24, 2.45) is 0 Å². The van der Waals surface area contributed by atoms with Gasteiger partial charge in [-0.2, -0.15) is 0 Å². The number of hydrogen-bond acceptors (Lipinski definition) is 3.